The summed E-state index contributed by atoms with van der Waals surface area (Å²) in [5.41, 5.74) is 4.59. The highest BCUT2D eigenvalue weighted by atomic mass is 16.7. The molecular weight excluding hydrogens is 971 g/mol. The molecule has 0 saturated carbocycles. The van der Waals surface area contributed by atoms with Crippen molar-refractivity contribution >= 4 is 29.6 Å². The van der Waals surface area contributed by atoms with Crippen molar-refractivity contribution < 1.29 is 67.3 Å². The van der Waals surface area contributed by atoms with Crippen LogP contribution in [0.2, 0.25) is 0 Å². The Morgan fingerprint density at radius 2 is 1.33 bits per heavy atom. The first kappa shape index (κ1) is 56.6. The lowest BCUT2D eigenvalue weighted by Gasteiger charge is -2.38. The maximum absolute atomic E-state index is 15.4. The third-order valence-electron chi connectivity index (χ3n) is 14.6. The molecule has 4 aromatic rings. The number of esters is 3. The molecule has 5 bridgehead atoms. The van der Waals surface area contributed by atoms with Gasteiger partial charge in [0.1, 0.15) is 29.8 Å². The number of Topliss-reactive ketones (excluding diaryl/α,β-unsaturated/α-hetero) is 1. The Balaban J connectivity index is 1.47. The van der Waals surface area contributed by atoms with Gasteiger partial charge in [0.15, 0.2) is 0 Å². The Kier molecular flexibility index (Phi) is 17.7. The quantitative estimate of drug-likeness (QED) is 0.106. The minimum atomic E-state index is -2.11. The van der Waals surface area contributed by atoms with Crippen LogP contribution in [0.15, 0.2) is 121 Å². The summed E-state index contributed by atoms with van der Waals surface area (Å²) in [7, 11) is 1.45. The first-order chi connectivity index (χ1) is 36.0. The van der Waals surface area contributed by atoms with Crippen LogP contribution < -0.4 is 14.8 Å². The first-order valence-electron chi connectivity index (χ1n) is 25.5. The van der Waals surface area contributed by atoms with Gasteiger partial charge in [-0.2, -0.15) is 0 Å². The molecule has 4 aromatic carbocycles. The van der Waals surface area contributed by atoms with Crippen LogP contribution >= 0.6 is 0 Å². The number of ketones is 1. The number of aliphatic hydroxyl groups is 2. The lowest BCUT2D eigenvalue weighted by molar-refractivity contribution is -0.160. The number of carbonyl (C=O) groups is 5. The first-order valence-corrected chi connectivity index (χ1v) is 25.5. The normalized spacial score (nSPS) is 28.3. The summed E-state index contributed by atoms with van der Waals surface area (Å²) in [6.45, 7) is 18.5. The molecule has 0 fully saturated rings. The number of allylic oxidation sites excluding steroid dienone is 2. The summed E-state index contributed by atoms with van der Waals surface area (Å²) < 4.78 is 44.3. The van der Waals surface area contributed by atoms with Gasteiger partial charge < -0.3 is 48.7 Å². The molecule has 1 amide bonds. The average molecular weight is 1040 g/mol. The van der Waals surface area contributed by atoms with Crippen LogP contribution in [0.1, 0.15) is 131 Å². The van der Waals surface area contributed by atoms with E-state index >= 15 is 4.79 Å². The molecule has 7 rings (SSSR count). The van der Waals surface area contributed by atoms with Crippen LogP contribution in [-0.2, 0) is 39.9 Å². The van der Waals surface area contributed by atoms with Crippen molar-refractivity contribution in [3.63, 3.8) is 0 Å². The van der Waals surface area contributed by atoms with Crippen molar-refractivity contribution in [2.45, 2.75) is 125 Å². The van der Waals surface area contributed by atoms with Gasteiger partial charge in [0.2, 0.25) is 0 Å². The number of aryl methyl sites for hydroxylation is 3. The zero-order valence-electron chi connectivity index (χ0n) is 45.2. The van der Waals surface area contributed by atoms with Crippen LogP contribution in [0.3, 0.4) is 0 Å². The average Bonchev–Trinajstić information content (AvgIpc) is 3.65. The Hall–Kier alpha value is -7.17. The van der Waals surface area contributed by atoms with E-state index in [1.54, 1.807) is 108 Å². The molecule has 0 radical (unpaired) electrons. The van der Waals surface area contributed by atoms with E-state index in [1.807, 2.05) is 45.0 Å². The van der Waals surface area contributed by atoms with E-state index in [1.165, 1.54) is 39.4 Å². The molecule has 0 aromatic heterocycles. The number of aliphatic hydroxyl groups excluding tert-OH is 2. The number of methoxy groups -OCH3 is 1. The van der Waals surface area contributed by atoms with Gasteiger partial charge in [-0.05, 0) is 76.6 Å². The van der Waals surface area contributed by atoms with Gasteiger partial charge in [-0.3, -0.25) is 14.4 Å². The van der Waals surface area contributed by atoms with Crippen LogP contribution in [0, 0.1) is 51.4 Å². The van der Waals surface area contributed by atoms with E-state index in [4.69, 9.17) is 33.2 Å². The van der Waals surface area contributed by atoms with Gasteiger partial charge in [0.05, 0.1) is 53.6 Å². The zero-order chi connectivity index (χ0) is 55.3. The minimum absolute atomic E-state index is 0.0306. The molecule has 0 spiro atoms. The summed E-state index contributed by atoms with van der Waals surface area (Å²) >= 11 is 0. The Bertz CT molecular complexity index is 2950. The summed E-state index contributed by atoms with van der Waals surface area (Å²) in [6.07, 6.45) is 2.41. The summed E-state index contributed by atoms with van der Waals surface area (Å²) in [6, 6.07) is 21.1. The molecule has 402 valence electrons. The smallest absolute Gasteiger partial charge is 0.343 e. The molecule has 3 aliphatic rings. The number of rotatable bonds is 9. The largest absolute Gasteiger partial charge is 0.462 e. The standard InChI is InChI=1S/C61H69NO14/c1-32-16-22-42(23-17-32)31-71-56-45-30-47(74-59(68)43-24-18-33(2)19-25-43)48-49(56)54(75-60(69)44-26-20-34(3)21-27-44)40(9)55-50(48)57(66)61(11,76-55)72-29-28-46(70-12)37(6)53(73-41(10)63)39(8)52(65)38(7)51(64)35(4)14-13-15-36(5)58(67)62-45/h13-30,35,37-39,46-47,51-53,56,64-65H,31H2,1-12H3,(H,62,67)/b14-13+,29-28+,36-15-/t35-,37+,38+,39-,46-,47?,51-,52-,53+,56?,61-/m0/s1. The fraction of sp³-hybridized carbons (Fsp3) is 0.393. The number of ether oxygens (including phenoxy) is 7. The predicted octanol–water partition coefficient (Wildman–Crippen LogP) is 9.86. The van der Waals surface area contributed by atoms with Crippen LogP contribution in [0.25, 0.3) is 0 Å². The molecule has 11 atom stereocenters. The van der Waals surface area contributed by atoms with Crippen molar-refractivity contribution in [1.82, 2.24) is 5.32 Å². The lowest BCUT2D eigenvalue weighted by atomic mass is 9.78. The molecule has 2 unspecified atom stereocenters. The van der Waals surface area contributed by atoms with E-state index in [-0.39, 0.29) is 62.8 Å². The zero-order valence-corrected chi connectivity index (χ0v) is 45.2. The Morgan fingerprint density at radius 1 is 0.737 bits per heavy atom. The number of benzene rings is 4. The van der Waals surface area contributed by atoms with Crippen molar-refractivity contribution in [1.29, 1.82) is 0 Å². The third-order valence-corrected chi connectivity index (χ3v) is 14.6. The summed E-state index contributed by atoms with van der Waals surface area (Å²) in [5.74, 6) is -8.23. The Labute approximate surface area is 444 Å². The van der Waals surface area contributed by atoms with Crippen molar-refractivity contribution in [3.8, 4) is 11.5 Å². The van der Waals surface area contributed by atoms with E-state index in [0.29, 0.717) is 0 Å². The highest BCUT2D eigenvalue weighted by Crippen LogP contribution is 2.54. The molecule has 2 aliphatic heterocycles. The second kappa shape index (κ2) is 23.8. The molecule has 0 saturated heterocycles. The monoisotopic (exact) mass is 1040 g/mol. The van der Waals surface area contributed by atoms with Crippen LogP contribution in [-0.4, -0.2) is 77.1 Å². The number of fused-ring (bicyclic) bond motifs is 2. The number of hydrogen-bond acceptors (Lipinski definition) is 14. The fourth-order valence-corrected chi connectivity index (χ4v) is 9.83. The van der Waals surface area contributed by atoms with E-state index in [2.05, 4.69) is 5.32 Å². The van der Waals surface area contributed by atoms with Gasteiger partial charge in [0, 0.05) is 66.9 Å². The highest BCUT2D eigenvalue weighted by Gasteiger charge is 2.53. The molecule has 15 nitrogen and oxygen atoms in total. The van der Waals surface area contributed by atoms with Crippen molar-refractivity contribution in [3.05, 3.63) is 176 Å². The third kappa shape index (κ3) is 12.2. The molecule has 1 aliphatic carbocycles. The van der Waals surface area contributed by atoms with Crippen molar-refractivity contribution in [2.75, 3.05) is 7.11 Å². The van der Waals surface area contributed by atoms with Gasteiger partial charge in [-0.15, -0.1) is 0 Å². The molecular formula is C61H69NO14. The van der Waals surface area contributed by atoms with E-state index < -0.39 is 95.7 Å². The van der Waals surface area contributed by atoms with E-state index in [0.717, 1.165) is 22.3 Å². The predicted molar refractivity (Wildman–Crippen MR) is 283 cm³/mol. The minimum Gasteiger partial charge on any atom is -0.462 e. The Morgan fingerprint density at radius 3 is 1.92 bits per heavy atom. The number of amides is 1. The van der Waals surface area contributed by atoms with Gasteiger partial charge in [-0.1, -0.05) is 111 Å². The van der Waals surface area contributed by atoms with Gasteiger partial charge in [0.25, 0.3) is 11.7 Å². The summed E-state index contributed by atoms with van der Waals surface area (Å²) in [5, 5.41) is 26.3. The lowest BCUT2D eigenvalue weighted by Crippen LogP contribution is -2.46. The number of nitrogens with one attached hydrogen (secondary N) is 1. The SMILES string of the molecule is CO[C@H]1/C=C/O[C@@]2(C)Oc3c(C)c(OC(=O)c4ccc(C)cc4)c4c(c3C2=O)C(OC(=O)c2ccc(C)cc2)C=C(NC(=O)/C(C)=C\C=C\[C@H](C)[C@H](O)[C@@H](C)[C@H](O)[C@H](C)[C@H](OC(C)=O)[C@@H]1C)C4OCc1ccc(C)cc1. The number of hydrogen-bond donors (Lipinski definition) is 3. The second-order valence-electron chi connectivity index (χ2n) is 20.4. The molecule has 15 heteroatoms. The van der Waals surface area contributed by atoms with Gasteiger partial charge in [-0.25, -0.2) is 9.59 Å². The highest BCUT2D eigenvalue weighted by molar-refractivity contribution is 6.09. The topological polar surface area (TPSA) is 202 Å². The molecule has 3 N–H and O–H groups in total. The molecule has 2 heterocycles. The number of carbonyl (C=O) groups excluding carboxylic acids is 5. The second-order valence-corrected chi connectivity index (χ2v) is 20.4. The maximum atomic E-state index is 15.4. The fourth-order valence-electron chi connectivity index (χ4n) is 9.83. The van der Waals surface area contributed by atoms with Crippen LogP contribution in [0.4, 0.5) is 0 Å². The maximum Gasteiger partial charge on any atom is 0.343 e. The van der Waals surface area contributed by atoms with E-state index in [9.17, 15) is 29.4 Å². The molecule has 76 heavy (non-hydrogen) atoms. The van der Waals surface area contributed by atoms with Crippen LogP contribution in [0.5, 0.6) is 11.5 Å². The van der Waals surface area contributed by atoms with Gasteiger partial charge >= 0.3 is 23.7 Å². The van der Waals surface area contributed by atoms with Crippen molar-refractivity contribution in [2.24, 2.45) is 23.7 Å². The summed E-state index contributed by atoms with van der Waals surface area (Å²) in [4.78, 5) is 71.3.